The van der Waals surface area contributed by atoms with E-state index in [9.17, 15) is 4.79 Å². The highest BCUT2D eigenvalue weighted by Crippen LogP contribution is 2.26. The molecule has 0 fully saturated rings. The maximum absolute atomic E-state index is 15.0. The molecule has 4 aromatic heterocycles. The number of anilines is 1. The number of imidazole rings is 1. The zero-order valence-corrected chi connectivity index (χ0v) is 20.1. The third-order valence-electron chi connectivity index (χ3n) is 5.96. The summed E-state index contributed by atoms with van der Waals surface area (Å²) in [6.07, 6.45) is 9.65. The summed E-state index contributed by atoms with van der Waals surface area (Å²) < 4.78 is 16.9. The Bertz CT molecular complexity index is 1530. The van der Waals surface area contributed by atoms with Crippen molar-refractivity contribution in [1.82, 2.24) is 19.4 Å². The third kappa shape index (κ3) is 5.15. The topological polar surface area (TPSA) is 72.2 Å². The van der Waals surface area contributed by atoms with Crippen molar-refractivity contribution in [3.8, 4) is 22.4 Å². The van der Waals surface area contributed by atoms with Crippen molar-refractivity contribution in [1.29, 1.82) is 0 Å². The first-order valence-electron chi connectivity index (χ1n) is 11.9. The molecule has 0 aliphatic heterocycles. The Labute approximate surface area is 208 Å². The van der Waals surface area contributed by atoms with E-state index in [0.717, 1.165) is 34.5 Å². The molecule has 180 valence electrons. The van der Waals surface area contributed by atoms with E-state index in [1.165, 1.54) is 6.07 Å². The number of pyridine rings is 3. The summed E-state index contributed by atoms with van der Waals surface area (Å²) in [5, 5.41) is 2.78. The number of carbonyl (C=O) groups is 1. The van der Waals surface area contributed by atoms with Gasteiger partial charge in [0, 0.05) is 30.4 Å². The molecule has 7 heteroatoms. The minimum atomic E-state index is -0.437. The van der Waals surface area contributed by atoms with E-state index in [2.05, 4.69) is 34.1 Å². The van der Waals surface area contributed by atoms with Crippen LogP contribution in [0.1, 0.15) is 25.0 Å². The van der Waals surface area contributed by atoms with Gasteiger partial charge in [-0.05, 0) is 77.1 Å². The molecule has 5 aromatic rings. The molecule has 36 heavy (non-hydrogen) atoms. The number of carbonyl (C=O) groups excluding carboxylic acids is 1. The largest absolute Gasteiger partial charge is 0.310 e. The fraction of sp³-hybridized carbons (Fsp3) is 0.172. The number of hydrogen-bond donors (Lipinski definition) is 1. The molecule has 0 aliphatic rings. The Balaban J connectivity index is 1.32. The Kier molecular flexibility index (Phi) is 6.54. The van der Waals surface area contributed by atoms with Crippen LogP contribution >= 0.6 is 0 Å². The molecule has 1 N–H and O–H groups in total. The minimum absolute atomic E-state index is 0.0787. The maximum atomic E-state index is 15.0. The molecule has 0 saturated heterocycles. The van der Waals surface area contributed by atoms with Crippen LogP contribution in [0.5, 0.6) is 0 Å². The third-order valence-corrected chi connectivity index (χ3v) is 5.96. The van der Waals surface area contributed by atoms with Gasteiger partial charge in [0.15, 0.2) is 0 Å². The predicted molar refractivity (Wildman–Crippen MR) is 139 cm³/mol. The van der Waals surface area contributed by atoms with Crippen LogP contribution in [0.4, 0.5) is 10.2 Å². The summed E-state index contributed by atoms with van der Waals surface area (Å²) in [6.45, 7) is 4.27. The molecular formula is C29H26FN5O. The van der Waals surface area contributed by atoms with Gasteiger partial charge in [-0.25, -0.2) is 14.4 Å². The van der Waals surface area contributed by atoms with Crippen LogP contribution in [0.15, 0.2) is 85.6 Å². The van der Waals surface area contributed by atoms with E-state index in [1.54, 1.807) is 30.9 Å². The van der Waals surface area contributed by atoms with E-state index in [0.29, 0.717) is 22.9 Å². The predicted octanol–water partition coefficient (Wildman–Crippen LogP) is 5.98. The van der Waals surface area contributed by atoms with E-state index < -0.39 is 5.82 Å². The van der Waals surface area contributed by atoms with Gasteiger partial charge < -0.3 is 5.32 Å². The highest BCUT2D eigenvalue weighted by Gasteiger charge is 2.13. The molecule has 0 atom stereocenters. The number of aromatic nitrogens is 4. The lowest BCUT2D eigenvalue weighted by Gasteiger charge is -2.09. The standard InChI is InChI=1S/C29H26FN5O/c1-19(2)13-20-5-11-32-27(14-20)34-29(36)17-23-3-4-24(15-25(23)30)26-18-33-28-16-22(8-12-35(26)28)21-6-9-31-10-7-21/h3-12,14-16,18-19H,13,17H2,1-2H3,(H,32,34,36). The van der Waals surface area contributed by atoms with Gasteiger partial charge in [-0.1, -0.05) is 26.0 Å². The number of benzene rings is 1. The van der Waals surface area contributed by atoms with Crippen molar-refractivity contribution in [2.45, 2.75) is 26.7 Å². The van der Waals surface area contributed by atoms with Gasteiger partial charge in [-0.3, -0.25) is 14.2 Å². The van der Waals surface area contributed by atoms with E-state index in [1.807, 2.05) is 53.1 Å². The molecule has 0 bridgehead atoms. The Morgan fingerprint density at radius 2 is 1.78 bits per heavy atom. The van der Waals surface area contributed by atoms with E-state index in [4.69, 9.17) is 0 Å². The number of rotatable bonds is 7. The molecule has 5 rings (SSSR count). The highest BCUT2D eigenvalue weighted by molar-refractivity contribution is 5.91. The second kappa shape index (κ2) is 10.1. The van der Waals surface area contributed by atoms with Gasteiger partial charge >= 0.3 is 0 Å². The number of nitrogens with zero attached hydrogens (tertiary/aromatic N) is 4. The van der Waals surface area contributed by atoms with Gasteiger partial charge in [0.1, 0.15) is 17.3 Å². The van der Waals surface area contributed by atoms with E-state index >= 15 is 4.39 Å². The first-order chi connectivity index (χ1) is 17.5. The van der Waals surface area contributed by atoms with Crippen molar-refractivity contribution < 1.29 is 9.18 Å². The lowest BCUT2D eigenvalue weighted by Crippen LogP contribution is -2.16. The Morgan fingerprint density at radius 3 is 2.56 bits per heavy atom. The average molecular weight is 480 g/mol. The second-order valence-electron chi connectivity index (χ2n) is 9.20. The first kappa shape index (κ1) is 23.4. The van der Waals surface area contributed by atoms with Crippen LogP contribution in [0.25, 0.3) is 28.0 Å². The summed E-state index contributed by atoms with van der Waals surface area (Å²) >= 11 is 0. The molecule has 0 spiro atoms. The fourth-order valence-corrected chi connectivity index (χ4v) is 4.27. The van der Waals surface area contributed by atoms with Crippen molar-refractivity contribution in [3.05, 3.63) is 103 Å². The first-order valence-corrected chi connectivity index (χ1v) is 11.9. The molecule has 1 aromatic carbocycles. The molecule has 1 amide bonds. The quantitative estimate of drug-likeness (QED) is 0.312. The Morgan fingerprint density at radius 1 is 0.944 bits per heavy atom. The average Bonchev–Trinajstić information content (AvgIpc) is 3.29. The molecular weight excluding hydrogens is 453 g/mol. The number of nitrogens with one attached hydrogen (secondary N) is 1. The number of halogens is 1. The van der Waals surface area contributed by atoms with Gasteiger partial charge in [0.05, 0.1) is 18.3 Å². The van der Waals surface area contributed by atoms with Crippen LogP contribution in [-0.2, 0) is 17.6 Å². The summed E-state index contributed by atoms with van der Waals surface area (Å²) in [7, 11) is 0. The van der Waals surface area contributed by atoms with Crippen LogP contribution in [0.2, 0.25) is 0 Å². The SMILES string of the molecule is CC(C)Cc1ccnc(NC(=O)Cc2ccc(-c3cnc4cc(-c5ccncc5)ccn34)cc2F)c1. The summed E-state index contributed by atoms with van der Waals surface area (Å²) in [6, 6.07) is 16.6. The zero-order chi connectivity index (χ0) is 25.1. The van der Waals surface area contributed by atoms with Gasteiger partial charge in [-0.15, -0.1) is 0 Å². The molecule has 0 saturated carbocycles. The summed E-state index contributed by atoms with van der Waals surface area (Å²) in [4.78, 5) is 25.3. The molecule has 0 unspecified atom stereocenters. The number of hydrogen-bond acceptors (Lipinski definition) is 4. The fourth-order valence-electron chi connectivity index (χ4n) is 4.27. The van der Waals surface area contributed by atoms with Crippen molar-refractivity contribution in [3.63, 3.8) is 0 Å². The van der Waals surface area contributed by atoms with Crippen LogP contribution in [0, 0.1) is 11.7 Å². The van der Waals surface area contributed by atoms with Crippen LogP contribution in [0.3, 0.4) is 0 Å². The highest BCUT2D eigenvalue weighted by atomic mass is 19.1. The smallest absolute Gasteiger partial charge is 0.230 e. The molecule has 0 radical (unpaired) electrons. The van der Waals surface area contributed by atoms with Crippen molar-refractivity contribution >= 4 is 17.4 Å². The normalized spacial score (nSPS) is 11.2. The van der Waals surface area contributed by atoms with Gasteiger partial charge in [0.2, 0.25) is 5.91 Å². The maximum Gasteiger partial charge on any atom is 0.230 e. The summed E-state index contributed by atoms with van der Waals surface area (Å²) in [5.41, 5.74) is 5.72. The van der Waals surface area contributed by atoms with Crippen LogP contribution in [-0.4, -0.2) is 25.3 Å². The number of amides is 1. The number of fused-ring (bicyclic) bond motifs is 1. The Hall–Kier alpha value is -4.39. The lowest BCUT2D eigenvalue weighted by atomic mass is 10.0. The molecule has 6 nitrogen and oxygen atoms in total. The monoisotopic (exact) mass is 479 g/mol. The van der Waals surface area contributed by atoms with Gasteiger partial charge in [0.25, 0.3) is 0 Å². The van der Waals surface area contributed by atoms with Crippen molar-refractivity contribution in [2.75, 3.05) is 5.32 Å². The second-order valence-corrected chi connectivity index (χ2v) is 9.20. The zero-order valence-electron chi connectivity index (χ0n) is 20.1. The van der Waals surface area contributed by atoms with Gasteiger partial charge in [-0.2, -0.15) is 0 Å². The minimum Gasteiger partial charge on any atom is -0.310 e. The lowest BCUT2D eigenvalue weighted by molar-refractivity contribution is -0.115. The van der Waals surface area contributed by atoms with Crippen LogP contribution < -0.4 is 5.32 Å². The molecule has 0 aliphatic carbocycles. The summed E-state index contributed by atoms with van der Waals surface area (Å²) in [5.74, 6) is 0.230. The molecule has 4 heterocycles. The van der Waals surface area contributed by atoms with Crippen molar-refractivity contribution in [2.24, 2.45) is 5.92 Å². The van der Waals surface area contributed by atoms with E-state index in [-0.39, 0.29) is 12.3 Å².